The maximum atomic E-state index is 12.6. The monoisotopic (exact) mass is 346 g/mol. The predicted molar refractivity (Wildman–Crippen MR) is 102 cm³/mol. The predicted octanol–water partition coefficient (Wildman–Crippen LogP) is 3.68. The highest BCUT2D eigenvalue weighted by molar-refractivity contribution is 5.87. The van der Waals surface area contributed by atoms with Crippen LogP contribution < -0.4 is 11.1 Å². The quantitative estimate of drug-likeness (QED) is 0.867. The molecule has 1 unspecified atom stereocenters. The Kier molecular flexibility index (Phi) is 6.58. The number of halogens is 1. The fourth-order valence-corrected chi connectivity index (χ4v) is 2.57. The Bertz CT molecular complexity index is 681. The van der Waals surface area contributed by atoms with E-state index < -0.39 is 5.54 Å². The number of amides is 1. The summed E-state index contributed by atoms with van der Waals surface area (Å²) in [5, 5.41) is 3.02. The molecule has 0 heterocycles. The van der Waals surface area contributed by atoms with E-state index >= 15 is 0 Å². The van der Waals surface area contributed by atoms with Crippen molar-refractivity contribution in [1.29, 1.82) is 0 Å². The van der Waals surface area contributed by atoms with Crippen LogP contribution in [-0.2, 0) is 15.7 Å². The molecule has 130 valence electrons. The van der Waals surface area contributed by atoms with Gasteiger partial charge in [0.15, 0.2) is 0 Å². The molecule has 0 fully saturated rings. The van der Waals surface area contributed by atoms with Gasteiger partial charge in [0.25, 0.3) is 0 Å². The molecule has 2 rings (SSSR count). The number of hydrogen-bond donors (Lipinski definition) is 2. The number of carbonyl (C=O) groups is 1. The van der Waals surface area contributed by atoms with Crippen molar-refractivity contribution in [2.75, 3.05) is 6.54 Å². The number of hydrogen-bond acceptors (Lipinski definition) is 2. The van der Waals surface area contributed by atoms with Gasteiger partial charge in [0.1, 0.15) is 5.54 Å². The Morgan fingerprint density at radius 2 is 1.58 bits per heavy atom. The van der Waals surface area contributed by atoms with E-state index in [2.05, 4.69) is 44.3 Å². The lowest BCUT2D eigenvalue weighted by molar-refractivity contribution is -0.126. The molecule has 1 atom stereocenters. The zero-order chi connectivity index (χ0) is 17.1. The van der Waals surface area contributed by atoms with Gasteiger partial charge in [-0.15, -0.1) is 12.4 Å². The van der Waals surface area contributed by atoms with Crippen molar-refractivity contribution >= 4 is 18.3 Å². The molecule has 0 aromatic heterocycles. The first-order valence-corrected chi connectivity index (χ1v) is 7.93. The molecular formula is C20H27ClN2O. The molecule has 0 aliphatic heterocycles. The fraction of sp³-hybridized carbons (Fsp3) is 0.350. The van der Waals surface area contributed by atoms with E-state index in [0.717, 1.165) is 5.56 Å². The molecule has 0 spiro atoms. The average molecular weight is 347 g/mol. The topological polar surface area (TPSA) is 55.1 Å². The molecule has 0 saturated heterocycles. The lowest BCUT2D eigenvalue weighted by Gasteiger charge is -2.30. The Hall–Kier alpha value is -1.84. The third kappa shape index (κ3) is 4.59. The van der Waals surface area contributed by atoms with Gasteiger partial charge in [-0.1, -0.05) is 74.0 Å². The van der Waals surface area contributed by atoms with Crippen LogP contribution in [0.3, 0.4) is 0 Å². The largest absolute Gasteiger partial charge is 0.353 e. The molecule has 0 aliphatic carbocycles. The minimum absolute atomic E-state index is 0. The van der Waals surface area contributed by atoms with Crippen molar-refractivity contribution in [2.24, 2.45) is 5.73 Å². The van der Waals surface area contributed by atoms with Crippen LogP contribution in [0.25, 0.3) is 0 Å². The van der Waals surface area contributed by atoms with Gasteiger partial charge in [-0.25, -0.2) is 0 Å². The molecule has 0 radical (unpaired) electrons. The van der Waals surface area contributed by atoms with Crippen LogP contribution in [0.15, 0.2) is 54.6 Å². The van der Waals surface area contributed by atoms with Crippen molar-refractivity contribution in [3.05, 3.63) is 71.3 Å². The van der Waals surface area contributed by atoms with E-state index in [4.69, 9.17) is 5.73 Å². The summed E-state index contributed by atoms with van der Waals surface area (Å²) < 4.78 is 0. The first kappa shape index (κ1) is 20.2. The maximum Gasteiger partial charge on any atom is 0.244 e. The molecule has 24 heavy (non-hydrogen) atoms. The first-order chi connectivity index (χ1) is 10.7. The third-order valence-corrected chi connectivity index (χ3v) is 4.34. The van der Waals surface area contributed by atoms with Crippen molar-refractivity contribution in [3.63, 3.8) is 0 Å². The van der Waals surface area contributed by atoms with Crippen molar-refractivity contribution in [2.45, 2.75) is 38.6 Å². The second-order valence-corrected chi connectivity index (χ2v) is 7.00. The van der Waals surface area contributed by atoms with Crippen LogP contribution in [0.5, 0.6) is 0 Å². The van der Waals surface area contributed by atoms with Crippen LogP contribution in [0.1, 0.15) is 37.5 Å². The van der Waals surface area contributed by atoms with Gasteiger partial charge in [-0.3, -0.25) is 4.79 Å². The molecule has 0 bridgehead atoms. The summed E-state index contributed by atoms with van der Waals surface area (Å²) >= 11 is 0. The SMILES string of the molecule is Cc1cccc(C(C)(C)CNC(=O)C(C)(N)c2ccccc2)c1.Cl. The molecular weight excluding hydrogens is 320 g/mol. The molecule has 2 aromatic rings. The van der Waals surface area contributed by atoms with Crippen LogP contribution in [-0.4, -0.2) is 12.5 Å². The van der Waals surface area contributed by atoms with E-state index in [0.29, 0.717) is 6.54 Å². The molecule has 1 amide bonds. The van der Waals surface area contributed by atoms with Gasteiger partial charge in [0.2, 0.25) is 5.91 Å². The average Bonchev–Trinajstić information content (AvgIpc) is 2.53. The van der Waals surface area contributed by atoms with Crippen LogP contribution in [0.4, 0.5) is 0 Å². The summed E-state index contributed by atoms with van der Waals surface area (Å²) in [6, 6.07) is 17.8. The zero-order valence-corrected chi connectivity index (χ0v) is 15.6. The summed E-state index contributed by atoms with van der Waals surface area (Å²) in [7, 11) is 0. The highest BCUT2D eigenvalue weighted by Gasteiger charge is 2.32. The van der Waals surface area contributed by atoms with E-state index in [-0.39, 0.29) is 23.7 Å². The second-order valence-electron chi connectivity index (χ2n) is 7.00. The maximum absolute atomic E-state index is 12.6. The van der Waals surface area contributed by atoms with E-state index in [1.807, 2.05) is 36.4 Å². The number of nitrogens with one attached hydrogen (secondary N) is 1. The second kappa shape index (κ2) is 7.82. The first-order valence-electron chi connectivity index (χ1n) is 7.93. The number of nitrogens with two attached hydrogens (primary N) is 1. The number of aryl methyl sites for hydroxylation is 1. The van der Waals surface area contributed by atoms with E-state index in [1.54, 1.807) is 6.92 Å². The van der Waals surface area contributed by atoms with Crippen LogP contribution in [0, 0.1) is 6.92 Å². The Balaban J connectivity index is 0.00000288. The molecule has 4 heteroatoms. The molecule has 3 N–H and O–H groups in total. The van der Waals surface area contributed by atoms with Crippen molar-refractivity contribution in [1.82, 2.24) is 5.32 Å². The number of rotatable bonds is 5. The standard InChI is InChI=1S/C20H26N2O.ClH/c1-15-9-8-12-17(13-15)19(2,3)14-22-18(23)20(4,21)16-10-6-5-7-11-16;/h5-13H,14,21H2,1-4H3,(H,22,23);1H. The highest BCUT2D eigenvalue weighted by atomic mass is 35.5. The van der Waals surface area contributed by atoms with Crippen LogP contribution >= 0.6 is 12.4 Å². The van der Waals surface area contributed by atoms with Gasteiger partial charge >= 0.3 is 0 Å². The molecule has 2 aromatic carbocycles. The number of benzene rings is 2. The summed E-state index contributed by atoms with van der Waals surface area (Å²) in [5.41, 5.74) is 8.30. The van der Waals surface area contributed by atoms with Gasteiger partial charge in [0, 0.05) is 12.0 Å². The van der Waals surface area contributed by atoms with Crippen LogP contribution in [0.2, 0.25) is 0 Å². The summed E-state index contributed by atoms with van der Waals surface area (Å²) in [6.45, 7) is 8.60. The van der Waals surface area contributed by atoms with Gasteiger partial charge in [0.05, 0.1) is 0 Å². The lowest BCUT2D eigenvalue weighted by Crippen LogP contribution is -2.51. The number of carbonyl (C=O) groups excluding carboxylic acids is 1. The highest BCUT2D eigenvalue weighted by Crippen LogP contribution is 2.24. The van der Waals surface area contributed by atoms with Gasteiger partial charge < -0.3 is 11.1 Å². The molecule has 0 aliphatic rings. The zero-order valence-electron chi connectivity index (χ0n) is 14.8. The minimum atomic E-state index is -1.04. The van der Waals surface area contributed by atoms with Gasteiger partial charge in [-0.05, 0) is 25.0 Å². The van der Waals surface area contributed by atoms with E-state index in [9.17, 15) is 4.79 Å². The minimum Gasteiger partial charge on any atom is -0.353 e. The lowest BCUT2D eigenvalue weighted by atomic mass is 9.83. The van der Waals surface area contributed by atoms with Crippen molar-refractivity contribution in [3.8, 4) is 0 Å². The van der Waals surface area contributed by atoms with Gasteiger partial charge in [-0.2, -0.15) is 0 Å². The molecule has 3 nitrogen and oxygen atoms in total. The Morgan fingerprint density at radius 1 is 1.00 bits per heavy atom. The van der Waals surface area contributed by atoms with E-state index in [1.165, 1.54) is 11.1 Å². The summed E-state index contributed by atoms with van der Waals surface area (Å²) in [6.07, 6.45) is 0. The third-order valence-electron chi connectivity index (χ3n) is 4.34. The smallest absolute Gasteiger partial charge is 0.244 e. The normalized spacial score (nSPS) is 13.5. The Morgan fingerprint density at radius 3 is 2.17 bits per heavy atom. The summed E-state index contributed by atoms with van der Waals surface area (Å²) in [4.78, 5) is 12.6. The summed E-state index contributed by atoms with van der Waals surface area (Å²) in [5.74, 6) is -0.163. The Labute approximate surface area is 151 Å². The molecule has 0 saturated carbocycles. The van der Waals surface area contributed by atoms with Crippen molar-refractivity contribution < 1.29 is 4.79 Å². The fourth-order valence-electron chi connectivity index (χ4n) is 2.57.